The first-order valence-electron chi connectivity index (χ1n) is 3.85. The lowest BCUT2D eigenvalue weighted by molar-refractivity contribution is -0.135. The molecule has 0 saturated carbocycles. The number of carboxylic acids is 1. The Morgan fingerprint density at radius 3 is 2.79 bits per heavy atom. The van der Waals surface area contributed by atoms with Gasteiger partial charge in [0.2, 0.25) is 0 Å². The topological polar surface area (TPSA) is 37.3 Å². The van der Waals surface area contributed by atoms with Crippen LogP contribution in [0.3, 0.4) is 0 Å². The van der Waals surface area contributed by atoms with E-state index in [1.54, 1.807) is 6.07 Å². The van der Waals surface area contributed by atoms with Gasteiger partial charge >= 0.3 is 5.97 Å². The summed E-state index contributed by atoms with van der Waals surface area (Å²) in [5.41, 5.74) is 0.498. The van der Waals surface area contributed by atoms with E-state index in [4.69, 9.17) is 5.11 Å². The van der Waals surface area contributed by atoms with Gasteiger partial charge in [-0.3, -0.25) is 4.79 Å². The lowest BCUT2D eigenvalue weighted by Crippen LogP contribution is -1.97. The van der Waals surface area contributed by atoms with Crippen molar-refractivity contribution < 1.29 is 14.3 Å². The molecule has 0 aromatic heterocycles. The van der Waals surface area contributed by atoms with Crippen LogP contribution in [0.4, 0.5) is 4.39 Å². The molecule has 0 atom stereocenters. The van der Waals surface area contributed by atoms with Crippen molar-refractivity contribution in [2.75, 3.05) is 0 Å². The van der Waals surface area contributed by atoms with Crippen LogP contribution in [-0.4, -0.2) is 11.1 Å². The first-order chi connectivity index (χ1) is 6.50. The molecular formula is C10H8BrFO2. The fraction of sp³-hybridized carbons (Fsp3) is 0.100. The molecule has 0 aliphatic rings. The van der Waals surface area contributed by atoms with Gasteiger partial charge in [0.15, 0.2) is 0 Å². The van der Waals surface area contributed by atoms with E-state index >= 15 is 0 Å². The summed E-state index contributed by atoms with van der Waals surface area (Å²) in [5, 5.41) is 8.51. The highest BCUT2D eigenvalue weighted by atomic mass is 79.9. The number of hydrogen-bond donors (Lipinski definition) is 1. The van der Waals surface area contributed by atoms with Gasteiger partial charge < -0.3 is 5.11 Å². The van der Waals surface area contributed by atoms with E-state index in [0.29, 0.717) is 4.47 Å². The van der Waals surface area contributed by atoms with Gasteiger partial charge in [0.1, 0.15) is 5.82 Å². The standard InChI is InChI=1S/C10H8BrFO2/c1-6(4-10(13)14)8-5-7(11)2-3-9(8)12/h2-3,5H,1,4H2,(H,13,14). The van der Waals surface area contributed by atoms with Crippen LogP contribution in [0.5, 0.6) is 0 Å². The van der Waals surface area contributed by atoms with Crippen molar-refractivity contribution in [2.45, 2.75) is 6.42 Å². The molecule has 0 fully saturated rings. The molecule has 0 spiro atoms. The zero-order chi connectivity index (χ0) is 10.7. The van der Waals surface area contributed by atoms with E-state index < -0.39 is 11.8 Å². The normalized spacial score (nSPS) is 9.86. The number of hydrogen-bond acceptors (Lipinski definition) is 1. The molecule has 0 heterocycles. The predicted molar refractivity (Wildman–Crippen MR) is 55.4 cm³/mol. The minimum Gasteiger partial charge on any atom is -0.481 e. The molecule has 4 heteroatoms. The van der Waals surface area contributed by atoms with Crippen molar-refractivity contribution in [2.24, 2.45) is 0 Å². The van der Waals surface area contributed by atoms with E-state index in [9.17, 15) is 9.18 Å². The lowest BCUT2D eigenvalue weighted by atomic mass is 10.0. The number of halogens is 2. The maximum Gasteiger partial charge on any atom is 0.307 e. The minimum atomic E-state index is -1.02. The van der Waals surface area contributed by atoms with E-state index in [1.807, 2.05) is 0 Å². The van der Waals surface area contributed by atoms with Crippen molar-refractivity contribution in [3.05, 3.63) is 40.6 Å². The molecule has 1 rings (SSSR count). The van der Waals surface area contributed by atoms with Gasteiger partial charge in [-0.2, -0.15) is 0 Å². The van der Waals surface area contributed by atoms with Crippen LogP contribution in [0.2, 0.25) is 0 Å². The van der Waals surface area contributed by atoms with Gasteiger partial charge in [0, 0.05) is 10.0 Å². The number of aliphatic carboxylic acids is 1. The molecule has 0 bridgehead atoms. The number of benzene rings is 1. The third-order valence-corrected chi connectivity index (χ3v) is 2.17. The SMILES string of the molecule is C=C(CC(=O)O)c1cc(Br)ccc1F. The zero-order valence-corrected chi connectivity index (χ0v) is 8.84. The van der Waals surface area contributed by atoms with Crippen LogP contribution < -0.4 is 0 Å². The summed E-state index contributed by atoms with van der Waals surface area (Å²) in [6.07, 6.45) is -0.257. The Kier molecular flexibility index (Phi) is 3.41. The molecule has 14 heavy (non-hydrogen) atoms. The molecule has 1 aromatic carbocycles. The molecule has 0 amide bonds. The van der Waals surface area contributed by atoms with Gasteiger partial charge in [-0.1, -0.05) is 22.5 Å². The van der Waals surface area contributed by atoms with E-state index in [0.717, 1.165) is 0 Å². The highest BCUT2D eigenvalue weighted by Gasteiger charge is 2.09. The molecule has 0 unspecified atom stereocenters. The monoisotopic (exact) mass is 258 g/mol. The van der Waals surface area contributed by atoms with E-state index in [2.05, 4.69) is 22.5 Å². The third-order valence-electron chi connectivity index (χ3n) is 1.67. The number of carboxylic acid groups (broad SMARTS) is 1. The van der Waals surface area contributed by atoms with Crippen molar-refractivity contribution in [1.29, 1.82) is 0 Å². The quantitative estimate of drug-likeness (QED) is 0.905. The van der Waals surface area contributed by atoms with Gasteiger partial charge in [0.05, 0.1) is 6.42 Å². The summed E-state index contributed by atoms with van der Waals surface area (Å²) >= 11 is 3.18. The average molecular weight is 259 g/mol. The summed E-state index contributed by atoms with van der Waals surface area (Å²) in [7, 11) is 0. The van der Waals surface area contributed by atoms with Gasteiger partial charge in [-0.15, -0.1) is 0 Å². The summed E-state index contributed by atoms with van der Waals surface area (Å²) in [6, 6.07) is 4.33. The molecular weight excluding hydrogens is 251 g/mol. The molecule has 0 saturated heterocycles. The fourth-order valence-electron chi connectivity index (χ4n) is 1.05. The molecule has 1 aromatic rings. The van der Waals surface area contributed by atoms with Gasteiger partial charge in [0.25, 0.3) is 0 Å². The molecule has 0 aliphatic carbocycles. The Hall–Kier alpha value is -1.16. The maximum atomic E-state index is 13.2. The summed E-state index contributed by atoms with van der Waals surface area (Å²) in [5.74, 6) is -1.48. The fourth-order valence-corrected chi connectivity index (χ4v) is 1.41. The Morgan fingerprint density at radius 2 is 2.21 bits per heavy atom. The second-order valence-electron chi connectivity index (χ2n) is 2.80. The Labute approximate surface area is 89.2 Å². The Morgan fingerprint density at radius 1 is 1.57 bits per heavy atom. The first kappa shape index (κ1) is 10.9. The molecule has 2 nitrogen and oxygen atoms in total. The van der Waals surface area contributed by atoms with Crippen LogP contribution in [0, 0.1) is 5.82 Å². The first-order valence-corrected chi connectivity index (χ1v) is 4.65. The average Bonchev–Trinajstić information content (AvgIpc) is 2.08. The largest absolute Gasteiger partial charge is 0.481 e. The van der Waals surface area contributed by atoms with Crippen molar-refractivity contribution in [3.63, 3.8) is 0 Å². The molecule has 0 radical (unpaired) electrons. The van der Waals surface area contributed by atoms with Crippen LogP contribution >= 0.6 is 15.9 Å². The highest BCUT2D eigenvalue weighted by molar-refractivity contribution is 9.10. The lowest BCUT2D eigenvalue weighted by Gasteiger charge is -2.04. The molecule has 0 aliphatic heterocycles. The minimum absolute atomic E-state index is 0.238. The van der Waals surface area contributed by atoms with E-state index in [-0.39, 0.29) is 17.6 Å². The summed E-state index contributed by atoms with van der Waals surface area (Å²) in [6.45, 7) is 3.53. The molecule has 1 N–H and O–H groups in total. The summed E-state index contributed by atoms with van der Waals surface area (Å²) < 4.78 is 13.9. The third kappa shape index (κ3) is 2.67. The van der Waals surface area contributed by atoms with E-state index in [1.165, 1.54) is 12.1 Å². The summed E-state index contributed by atoms with van der Waals surface area (Å²) in [4.78, 5) is 10.4. The van der Waals surface area contributed by atoms with Crippen LogP contribution in [0.1, 0.15) is 12.0 Å². The van der Waals surface area contributed by atoms with Crippen LogP contribution in [0.25, 0.3) is 5.57 Å². The predicted octanol–water partition coefficient (Wildman–Crippen LogP) is 3.08. The highest BCUT2D eigenvalue weighted by Crippen LogP contribution is 2.23. The number of rotatable bonds is 3. The molecule has 74 valence electrons. The van der Waals surface area contributed by atoms with Crippen molar-refractivity contribution >= 4 is 27.5 Å². The smallest absolute Gasteiger partial charge is 0.307 e. The van der Waals surface area contributed by atoms with Crippen molar-refractivity contribution in [3.8, 4) is 0 Å². The second-order valence-corrected chi connectivity index (χ2v) is 3.71. The Bertz CT molecular complexity index is 388. The number of carbonyl (C=O) groups is 1. The second kappa shape index (κ2) is 4.37. The van der Waals surface area contributed by atoms with Gasteiger partial charge in [-0.05, 0) is 23.8 Å². The van der Waals surface area contributed by atoms with Crippen LogP contribution in [-0.2, 0) is 4.79 Å². The van der Waals surface area contributed by atoms with Crippen LogP contribution in [0.15, 0.2) is 29.3 Å². The zero-order valence-electron chi connectivity index (χ0n) is 7.26. The maximum absolute atomic E-state index is 13.2. The van der Waals surface area contributed by atoms with Gasteiger partial charge in [-0.25, -0.2) is 4.39 Å². The van der Waals surface area contributed by atoms with Crippen molar-refractivity contribution in [1.82, 2.24) is 0 Å². The Balaban J connectivity index is 3.00.